The van der Waals surface area contributed by atoms with Gasteiger partial charge in [0.2, 0.25) is 0 Å². The largest absolute Gasteiger partial charge is 0.494 e. The quantitative estimate of drug-likeness (QED) is 0.840. The average molecular weight is 273 g/mol. The second-order valence-corrected chi connectivity index (χ2v) is 5.04. The van der Waals surface area contributed by atoms with E-state index in [1.54, 1.807) is 11.8 Å². The van der Waals surface area contributed by atoms with Gasteiger partial charge in [0.05, 0.1) is 12.6 Å². The van der Waals surface area contributed by atoms with Crippen molar-refractivity contribution in [3.63, 3.8) is 0 Å². The van der Waals surface area contributed by atoms with E-state index < -0.39 is 0 Å². The predicted octanol–water partition coefficient (Wildman–Crippen LogP) is 3.86. The smallest absolute Gasteiger partial charge is 0.124 e. The SMILES string of the molecule is CCOc1ccccc1C(N)c1ccccc1SC. The second-order valence-electron chi connectivity index (χ2n) is 4.19. The van der Waals surface area contributed by atoms with Gasteiger partial charge in [-0.25, -0.2) is 0 Å². The van der Waals surface area contributed by atoms with Gasteiger partial charge in [-0.3, -0.25) is 0 Å². The van der Waals surface area contributed by atoms with E-state index in [0.717, 1.165) is 16.9 Å². The van der Waals surface area contributed by atoms with Crippen LogP contribution in [0.3, 0.4) is 0 Å². The highest BCUT2D eigenvalue weighted by molar-refractivity contribution is 7.98. The minimum Gasteiger partial charge on any atom is -0.494 e. The maximum absolute atomic E-state index is 6.43. The molecule has 0 amide bonds. The second kappa shape index (κ2) is 6.64. The Bertz CT molecular complexity index is 542. The fourth-order valence-electron chi connectivity index (χ4n) is 2.12. The van der Waals surface area contributed by atoms with Crippen molar-refractivity contribution < 1.29 is 4.74 Å². The lowest BCUT2D eigenvalue weighted by molar-refractivity contribution is 0.335. The monoisotopic (exact) mass is 273 g/mol. The summed E-state index contributed by atoms with van der Waals surface area (Å²) in [7, 11) is 0. The van der Waals surface area contributed by atoms with Crippen LogP contribution < -0.4 is 10.5 Å². The third-order valence-corrected chi connectivity index (χ3v) is 3.84. The van der Waals surface area contributed by atoms with Gasteiger partial charge in [-0.05, 0) is 30.9 Å². The van der Waals surface area contributed by atoms with Crippen LogP contribution in [0.2, 0.25) is 0 Å². The lowest BCUT2D eigenvalue weighted by atomic mass is 9.99. The van der Waals surface area contributed by atoms with Gasteiger partial charge in [0, 0.05) is 10.5 Å². The topological polar surface area (TPSA) is 35.2 Å². The molecule has 1 atom stereocenters. The molecule has 0 saturated carbocycles. The third kappa shape index (κ3) is 3.11. The molecule has 3 heteroatoms. The summed E-state index contributed by atoms with van der Waals surface area (Å²) in [5.74, 6) is 0.869. The normalized spacial score (nSPS) is 12.2. The predicted molar refractivity (Wildman–Crippen MR) is 81.9 cm³/mol. The Morgan fingerprint density at radius 3 is 2.37 bits per heavy atom. The van der Waals surface area contributed by atoms with Gasteiger partial charge in [0.15, 0.2) is 0 Å². The molecule has 0 bridgehead atoms. The van der Waals surface area contributed by atoms with E-state index in [-0.39, 0.29) is 6.04 Å². The molecule has 0 aromatic heterocycles. The fraction of sp³-hybridized carbons (Fsp3) is 0.250. The molecule has 0 saturated heterocycles. The van der Waals surface area contributed by atoms with Crippen LogP contribution in [0.4, 0.5) is 0 Å². The molecule has 2 aromatic rings. The molecule has 0 aliphatic rings. The molecule has 2 nitrogen and oxygen atoms in total. The maximum Gasteiger partial charge on any atom is 0.124 e. The molecule has 0 fully saturated rings. The van der Waals surface area contributed by atoms with Gasteiger partial charge in [-0.15, -0.1) is 11.8 Å². The maximum atomic E-state index is 6.43. The van der Waals surface area contributed by atoms with E-state index in [1.807, 2.05) is 43.3 Å². The Morgan fingerprint density at radius 1 is 1.05 bits per heavy atom. The number of rotatable bonds is 5. The molecule has 100 valence electrons. The van der Waals surface area contributed by atoms with Crippen LogP contribution in [0, 0.1) is 0 Å². The molecule has 19 heavy (non-hydrogen) atoms. The molecule has 2 N–H and O–H groups in total. The number of hydrogen-bond donors (Lipinski definition) is 1. The molecule has 0 aliphatic heterocycles. The van der Waals surface area contributed by atoms with Crippen LogP contribution in [0.15, 0.2) is 53.4 Å². The van der Waals surface area contributed by atoms with Crippen LogP contribution >= 0.6 is 11.8 Å². The summed E-state index contributed by atoms with van der Waals surface area (Å²) in [4.78, 5) is 1.21. The Labute approximate surface area is 119 Å². The third-order valence-electron chi connectivity index (χ3n) is 3.03. The fourth-order valence-corrected chi connectivity index (χ4v) is 2.76. The first-order valence-corrected chi connectivity index (χ1v) is 7.60. The van der Waals surface area contributed by atoms with E-state index in [4.69, 9.17) is 10.5 Å². The lowest BCUT2D eigenvalue weighted by Gasteiger charge is -2.19. The highest BCUT2D eigenvalue weighted by Gasteiger charge is 2.16. The molecule has 0 heterocycles. The van der Waals surface area contributed by atoms with Gasteiger partial charge in [-0.2, -0.15) is 0 Å². The first kappa shape index (κ1) is 14.0. The molecule has 1 unspecified atom stereocenters. The van der Waals surface area contributed by atoms with Crippen molar-refractivity contribution in [1.29, 1.82) is 0 Å². The van der Waals surface area contributed by atoms with Crippen molar-refractivity contribution in [3.8, 4) is 5.75 Å². The zero-order valence-electron chi connectivity index (χ0n) is 11.3. The van der Waals surface area contributed by atoms with Crippen molar-refractivity contribution in [1.82, 2.24) is 0 Å². The zero-order valence-corrected chi connectivity index (χ0v) is 12.1. The highest BCUT2D eigenvalue weighted by atomic mass is 32.2. The summed E-state index contributed by atoms with van der Waals surface area (Å²) >= 11 is 1.72. The number of thioether (sulfide) groups is 1. The van der Waals surface area contributed by atoms with Crippen molar-refractivity contribution in [2.24, 2.45) is 5.73 Å². The van der Waals surface area contributed by atoms with E-state index in [2.05, 4.69) is 18.4 Å². The number of para-hydroxylation sites is 1. The van der Waals surface area contributed by atoms with Crippen LogP contribution in [0.25, 0.3) is 0 Å². The molecular formula is C16H19NOS. The Morgan fingerprint density at radius 2 is 1.68 bits per heavy atom. The van der Waals surface area contributed by atoms with Crippen molar-refractivity contribution >= 4 is 11.8 Å². The average Bonchev–Trinajstić information content (AvgIpc) is 2.47. The summed E-state index contributed by atoms with van der Waals surface area (Å²) < 4.78 is 5.67. The van der Waals surface area contributed by atoms with Crippen molar-refractivity contribution in [2.75, 3.05) is 12.9 Å². The van der Waals surface area contributed by atoms with Crippen LogP contribution in [0.1, 0.15) is 24.1 Å². The Kier molecular flexibility index (Phi) is 4.88. The van der Waals surface area contributed by atoms with Gasteiger partial charge in [0.1, 0.15) is 5.75 Å². The molecule has 0 spiro atoms. The first-order chi connectivity index (χ1) is 9.27. The molecule has 2 aromatic carbocycles. The minimum absolute atomic E-state index is 0.161. The van der Waals surface area contributed by atoms with Gasteiger partial charge in [0.25, 0.3) is 0 Å². The lowest BCUT2D eigenvalue weighted by Crippen LogP contribution is -2.14. The standard InChI is InChI=1S/C16H19NOS/c1-3-18-14-10-6-4-8-12(14)16(17)13-9-5-7-11-15(13)19-2/h4-11,16H,3,17H2,1-2H3. The summed E-state index contributed by atoms with van der Waals surface area (Å²) in [5, 5.41) is 0. The Balaban J connectivity index is 2.41. The summed E-state index contributed by atoms with van der Waals surface area (Å²) in [6, 6.07) is 16.1. The first-order valence-electron chi connectivity index (χ1n) is 6.38. The number of hydrogen-bond acceptors (Lipinski definition) is 3. The van der Waals surface area contributed by atoms with Gasteiger partial charge in [-0.1, -0.05) is 36.4 Å². The van der Waals surface area contributed by atoms with Crippen LogP contribution in [0.5, 0.6) is 5.75 Å². The van der Waals surface area contributed by atoms with Crippen LogP contribution in [-0.4, -0.2) is 12.9 Å². The summed E-state index contributed by atoms with van der Waals surface area (Å²) in [6.45, 7) is 2.63. The summed E-state index contributed by atoms with van der Waals surface area (Å²) in [5.41, 5.74) is 8.60. The van der Waals surface area contributed by atoms with Crippen LogP contribution in [-0.2, 0) is 0 Å². The summed E-state index contributed by atoms with van der Waals surface area (Å²) in [6.07, 6.45) is 2.07. The minimum atomic E-state index is -0.161. The van der Waals surface area contributed by atoms with E-state index in [1.165, 1.54) is 4.90 Å². The number of nitrogens with two attached hydrogens (primary N) is 1. The van der Waals surface area contributed by atoms with Crippen molar-refractivity contribution in [2.45, 2.75) is 17.9 Å². The van der Waals surface area contributed by atoms with E-state index in [9.17, 15) is 0 Å². The number of ether oxygens (including phenoxy) is 1. The molecule has 2 rings (SSSR count). The molecule has 0 radical (unpaired) electrons. The molecular weight excluding hydrogens is 254 g/mol. The van der Waals surface area contributed by atoms with E-state index in [0.29, 0.717) is 6.61 Å². The van der Waals surface area contributed by atoms with Gasteiger partial charge >= 0.3 is 0 Å². The number of benzene rings is 2. The highest BCUT2D eigenvalue weighted by Crippen LogP contribution is 2.32. The van der Waals surface area contributed by atoms with Crippen molar-refractivity contribution in [3.05, 3.63) is 59.7 Å². The van der Waals surface area contributed by atoms with Gasteiger partial charge < -0.3 is 10.5 Å². The molecule has 0 aliphatic carbocycles. The van der Waals surface area contributed by atoms with E-state index >= 15 is 0 Å². The zero-order chi connectivity index (χ0) is 13.7. The Hall–Kier alpha value is -1.45.